The van der Waals surface area contributed by atoms with Crippen LogP contribution in [0, 0.1) is 12.8 Å². The van der Waals surface area contributed by atoms with Crippen molar-refractivity contribution in [2.75, 3.05) is 52.9 Å². The molecular weight excluding hydrogens is 501 g/mol. The van der Waals surface area contributed by atoms with Crippen LogP contribution < -0.4 is 15.4 Å². The van der Waals surface area contributed by atoms with E-state index in [1.807, 2.05) is 0 Å². The molecule has 1 aliphatic heterocycles. The summed E-state index contributed by atoms with van der Waals surface area (Å²) in [7, 11) is 2.20. The highest BCUT2D eigenvalue weighted by Gasteiger charge is 2.16. The largest absolute Gasteiger partial charge is 0.490 e. The van der Waals surface area contributed by atoms with Crippen LogP contribution in [0.3, 0.4) is 0 Å². The first-order valence-corrected chi connectivity index (χ1v) is 11.6. The number of likely N-dealkylation sites (N-methyl/N-ethyl adjacent to an activating group) is 1. The van der Waals surface area contributed by atoms with Gasteiger partial charge in [0.1, 0.15) is 5.75 Å². The van der Waals surface area contributed by atoms with Gasteiger partial charge in [-0.2, -0.15) is 0 Å². The number of hydrogen-bond acceptors (Lipinski definition) is 4. The van der Waals surface area contributed by atoms with Crippen molar-refractivity contribution in [2.24, 2.45) is 10.9 Å². The number of nitrogens with zero attached hydrogens (tertiary/aromatic N) is 3. The van der Waals surface area contributed by atoms with E-state index in [0.717, 1.165) is 43.3 Å². The smallest absolute Gasteiger partial charge is 0.191 e. The molecule has 31 heavy (non-hydrogen) atoms. The molecule has 2 atom stereocenters. The fourth-order valence-corrected chi connectivity index (χ4v) is 3.51. The van der Waals surface area contributed by atoms with Gasteiger partial charge in [0.2, 0.25) is 0 Å². The first kappa shape index (κ1) is 28.0. The summed E-state index contributed by atoms with van der Waals surface area (Å²) in [4.78, 5) is 9.80. The van der Waals surface area contributed by atoms with Gasteiger partial charge in [-0.3, -0.25) is 0 Å². The summed E-state index contributed by atoms with van der Waals surface area (Å²) in [6.45, 7) is 19.0. The van der Waals surface area contributed by atoms with Gasteiger partial charge in [0.05, 0.1) is 12.6 Å². The quantitative estimate of drug-likeness (QED) is 0.267. The molecule has 0 bridgehead atoms. The van der Waals surface area contributed by atoms with Crippen molar-refractivity contribution < 1.29 is 4.74 Å². The van der Waals surface area contributed by atoms with E-state index in [9.17, 15) is 0 Å². The van der Waals surface area contributed by atoms with Crippen molar-refractivity contribution in [3.05, 3.63) is 29.3 Å². The molecule has 2 N–H and O–H groups in total. The second-order valence-corrected chi connectivity index (χ2v) is 8.73. The molecule has 6 nitrogen and oxygen atoms in total. The molecule has 2 unspecified atom stereocenters. The molecule has 178 valence electrons. The molecule has 0 radical (unpaired) electrons. The highest BCUT2D eigenvalue weighted by Crippen LogP contribution is 2.23. The molecule has 0 aliphatic carbocycles. The molecule has 0 aromatic heterocycles. The lowest BCUT2D eigenvalue weighted by Gasteiger charge is -2.34. The number of hydrogen-bond donors (Lipinski definition) is 2. The minimum atomic E-state index is 0. The third-order valence-electron chi connectivity index (χ3n) is 5.66. The summed E-state index contributed by atoms with van der Waals surface area (Å²) >= 11 is 0. The molecule has 1 heterocycles. The lowest BCUT2D eigenvalue weighted by atomic mass is 10.1. The SMILES string of the molecule is CCNC(=NCc1ccc(C)cc1OC(C)CC)NCC(C)CN1CCN(C)CC1.I. The monoisotopic (exact) mass is 545 g/mol. The van der Waals surface area contributed by atoms with E-state index < -0.39 is 0 Å². The Hall–Kier alpha value is -1.06. The number of ether oxygens (including phenoxy) is 1. The normalized spacial score (nSPS) is 17.5. The Morgan fingerprint density at radius 2 is 1.84 bits per heavy atom. The van der Waals surface area contributed by atoms with Crippen molar-refractivity contribution in [1.82, 2.24) is 20.4 Å². The number of rotatable bonds is 10. The van der Waals surface area contributed by atoms with Crippen molar-refractivity contribution in [3.8, 4) is 5.75 Å². The summed E-state index contributed by atoms with van der Waals surface area (Å²) in [5, 5.41) is 6.91. The highest BCUT2D eigenvalue weighted by atomic mass is 127. The van der Waals surface area contributed by atoms with E-state index in [2.05, 4.69) is 80.3 Å². The summed E-state index contributed by atoms with van der Waals surface area (Å²) < 4.78 is 6.14. The topological polar surface area (TPSA) is 52.1 Å². The van der Waals surface area contributed by atoms with Gasteiger partial charge in [0, 0.05) is 51.4 Å². The molecule has 1 aliphatic rings. The molecule has 0 spiro atoms. The zero-order valence-corrected chi connectivity index (χ0v) is 22.7. The number of piperazine rings is 1. The van der Waals surface area contributed by atoms with Gasteiger partial charge in [0.25, 0.3) is 0 Å². The van der Waals surface area contributed by atoms with Crippen LogP contribution in [0.4, 0.5) is 0 Å². The third-order valence-corrected chi connectivity index (χ3v) is 5.66. The van der Waals surface area contributed by atoms with Gasteiger partial charge < -0.3 is 25.2 Å². The average molecular weight is 546 g/mol. The van der Waals surface area contributed by atoms with Gasteiger partial charge in [-0.25, -0.2) is 4.99 Å². The summed E-state index contributed by atoms with van der Waals surface area (Å²) in [6.07, 6.45) is 1.20. The second kappa shape index (κ2) is 14.9. The molecule has 7 heteroatoms. The molecule has 0 amide bonds. The van der Waals surface area contributed by atoms with Crippen molar-refractivity contribution >= 4 is 29.9 Å². The predicted octanol–water partition coefficient (Wildman–Crippen LogP) is 3.73. The van der Waals surface area contributed by atoms with Crippen LogP contribution >= 0.6 is 24.0 Å². The zero-order chi connectivity index (χ0) is 21.9. The van der Waals surface area contributed by atoms with E-state index in [0.29, 0.717) is 12.5 Å². The molecule has 1 aromatic carbocycles. The second-order valence-electron chi connectivity index (χ2n) is 8.73. The molecule has 2 rings (SSSR count). The van der Waals surface area contributed by atoms with Crippen LogP contribution in [-0.4, -0.2) is 74.7 Å². The molecule has 1 saturated heterocycles. The van der Waals surface area contributed by atoms with Crippen LogP contribution in [0.5, 0.6) is 5.75 Å². The first-order valence-electron chi connectivity index (χ1n) is 11.6. The molecule has 1 aromatic rings. The molecule has 1 fully saturated rings. The fourth-order valence-electron chi connectivity index (χ4n) is 3.51. The Labute approximate surface area is 207 Å². The van der Waals surface area contributed by atoms with Crippen LogP contribution in [0.2, 0.25) is 0 Å². The van der Waals surface area contributed by atoms with Gasteiger partial charge >= 0.3 is 0 Å². The number of guanidine groups is 1. The summed E-state index contributed by atoms with van der Waals surface area (Å²) in [5.41, 5.74) is 2.34. The molecular formula is C24H44IN5O. The zero-order valence-electron chi connectivity index (χ0n) is 20.4. The van der Waals surface area contributed by atoms with Gasteiger partial charge in [-0.15, -0.1) is 24.0 Å². The summed E-state index contributed by atoms with van der Waals surface area (Å²) in [6, 6.07) is 6.39. The highest BCUT2D eigenvalue weighted by molar-refractivity contribution is 14.0. The Balaban J connectivity index is 0.00000480. The minimum absolute atomic E-state index is 0. The minimum Gasteiger partial charge on any atom is -0.490 e. The summed E-state index contributed by atoms with van der Waals surface area (Å²) in [5.74, 6) is 2.39. The standard InChI is InChI=1S/C24H43N5O.HI/c1-7-21(5)30-23-15-19(3)9-10-22(23)17-27-24(25-8-2)26-16-20(4)18-29-13-11-28(6)12-14-29;/h9-10,15,20-21H,7-8,11-14,16-18H2,1-6H3,(H2,25,26,27);1H. The lowest BCUT2D eigenvalue weighted by Crippen LogP contribution is -2.47. The predicted molar refractivity (Wildman–Crippen MR) is 143 cm³/mol. The number of aryl methyl sites for hydroxylation is 1. The van der Waals surface area contributed by atoms with Gasteiger partial charge in [0.15, 0.2) is 5.96 Å². The lowest BCUT2D eigenvalue weighted by molar-refractivity contribution is 0.139. The maximum atomic E-state index is 6.14. The maximum absolute atomic E-state index is 6.14. The van der Waals surface area contributed by atoms with Crippen LogP contribution in [-0.2, 0) is 6.54 Å². The Kier molecular flexibility index (Phi) is 13.4. The van der Waals surface area contributed by atoms with Crippen LogP contribution in [0.25, 0.3) is 0 Å². The van der Waals surface area contributed by atoms with E-state index in [1.54, 1.807) is 0 Å². The van der Waals surface area contributed by atoms with E-state index in [1.165, 1.54) is 31.7 Å². The van der Waals surface area contributed by atoms with Crippen LogP contribution in [0.1, 0.15) is 45.2 Å². The Bertz CT molecular complexity index is 661. The van der Waals surface area contributed by atoms with E-state index in [4.69, 9.17) is 9.73 Å². The third kappa shape index (κ3) is 10.4. The van der Waals surface area contributed by atoms with Crippen molar-refractivity contribution in [2.45, 2.75) is 53.7 Å². The Morgan fingerprint density at radius 1 is 1.13 bits per heavy atom. The number of halogens is 1. The fraction of sp³-hybridized carbons (Fsp3) is 0.708. The van der Waals surface area contributed by atoms with Gasteiger partial charge in [-0.1, -0.05) is 26.0 Å². The van der Waals surface area contributed by atoms with Crippen molar-refractivity contribution in [1.29, 1.82) is 0 Å². The van der Waals surface area contributed by atoms with Crippen LogP contribution in [0.15, 0.2) is 23.2 Å². The number of benzene rings is 1. The van der Waals surface area contributed by atoms with Crippen molar-refractivity contribution in [3.63, 3.8) is 0 Å². The van der Waals surface area contributed by atoms with Gasteiger partial charge in [-0.05, 0) is 51.8 Å². The average Bonchev–Trinajstić information content (AvgIpc) is 2.72. The van der Waals surface area contributed by atoms with E-state index in [-0.39, 0.29) is 30.1 Å². The Morgan fingerprint density at radius 3 is 2.48 bits per heavy atom. The number of nitrogens with one attached hydrogen (secondary N) is 2. The number of aliphatic imine (C=N–C) groups is 1. The molecule has 0 saturated carbocycles. The first-order chi connectivity index (χ1) is 14.4. The maximum Gasteiger partial charge on any atom is 0.191 e. The van der Waals surface area contributed by atoms with E-state index >= 15 is 0 Å².